The molecule has 35 heavy (non-hydrogen) atoms. The Morgan fingerprint density at radius 2 is 1.74 bits per heavy atom. The second-order valence-electron chi connectivity index (χ2n) is 8.75. The molecule has 2 fully saturated rings. The number of halogens is 1. The number of aromatic nitrogens is 2. The Kier molecular flexibility index (Phi) is 5.75. The number of oxazole rings is 1. The molecule has 0 spiro atoms. The molecule has 10 heteroatoms. The number of nitrogens with zero attached hydrogens (tertiary/aromatic N) is 5. The van der Waals surface area contributed by atoms with E-state index >= 15 is 0 Å². The summed E-state index contributed by atoms with van der Waals surface area (Å²) < 4.78 is 6.02. The largest absolute Gasteiger partial charge is 0.435 e. The molecule has 2 saturated heterocycles. The van der Waals surface area contributed by atoms with Crippen LogP contribution in [0.25, 0.3) is 22.6 Å². The number of carbonyl (C=O) groups excluding carboxylic acids is 2. The number of benzene rings is 2. The minimum Gasteiger partial charge on any atom is -0.435 e. The average Bonchev–Trinajstić information content (AvgIpc) is 3.54. The number of rotatable bonds is 4. The first-order valence-corrected chi connectivity index (χ1v) is 12.8. The Morgan fingerprint density at radius 3 is 2.46 bits per heavy atom. The highest BCUT2D eigenvalue weighted by Gasteiger charge is 2.38. The number of likely N-dealkylation sites (tertiary alicyclic amines) is 1. The SMILES string of the molecule is O=C(c1cscn1)N1CCN(C2CN(C(=O)c3cccc4nc(-c5ccc(Cl)cc5)oc34)C2)CC1. The van der Waals surface area contributed by atoms with Gasteiger partial charge in [-0.15, -0.1) is 11.3 Å². The quantitative estimate of drug-likeness (QED) is 0.417. The zero-order chi connectivity index (χ0) is 23.9. The van der Waals surface area contributed by atoms with Gasteiger partial charge in [0.05, 0.1) is 11.1 Å². The van der Waals surface area contributed by atoms with Gasteiger partial charge >= 0.3 is 0 Å². The first-order valence-electron chi connectivity index (χ1n) is 11.4. The Hall–Kier alpha value is -3.27. The Balaban J connectivity index is 1.10. The summed E-state index contributed by atoms with van der Waals surface area (Å²) in [5.41, 5.74) is 4.68. The molecule has 0 saturated carbocycles. The summed E-state index contributed by atoms with van der Waals surface area (Å²) in [5.74, 6) is 0.404. The van der Waals surface area contributed by atoms with E-state index in [0.29, 0.717) is 65.5 Å². The predicted octanol–water partition coefficient (Wildman–Crippen LogP) is 3.89. The van der Waals surface area contributed by atoms with Crippen molar-refractivity contribution < 1.29 is 14.0 Å². The fourth-order valence-electron chi connectivity index (χ4n) is 4.63. The second kappa shape index (κ2) is 9.07. The molecule has 0 unspecified atom stereocenters. The van der Waals surface area contributed by atoms with Crippen molar-refractivity contribution >= 4 is 45.9 Å². The number of para-hydroxylation sites is 1. The van der Waals surface area contributed by atoms with E-state index in [0.717, 1.165) is 18.7 Å². The first kappa shape index (κ1) is 22.2. The first-order chi connectivity index (χ1) is 17.1. The van der Waals surface area contributed by atoms with Gasteiger partial charge in [0.2, 0.25) is 5.89 Å². The number of hydrogen-bond acceptors (Lipinski definition) is 7. The van der Waals surface area contributed by atoms with Crippen molar-refractivity contribution in [1.29, 1.82) is 0 Å². The maximum absolute atomic E-state index is 13.3. The fourth-order valence-corrected chi connectivity index (χ4v) is 5.28. The molecule has 4 aromatic rings. The third-order valence-corrected chi connectivity index (χ3v) is 7.49. The van der Waals surface area contributed by atoms with Crippen LogP contribution in [0.5, 0.6) is 0 Å². The number of thiazole rings is 1. The molecule has 0 atom stereocenters. The van der Waals surface area contributed by atoms with Gasteiger partial charge in [0.15, 0.2) is 5.58 Å². The van der Waals surface area contributed by atoms with Crippen LogP contribution in [0.4, 0.5) is 0 Å². The maximum atomic E-state index is 13.3. The van der Waals surface area contributed by atoms with Crippen LogP contribution in [0.15, 0.2) is 57.8 Å². The molecular weight excluding hydrogens is 486 g/mol. The average molecular weight is 508 g/mol. The minimum atomic E-state index is -0.0528. The van der Waals surface area contributed by atoms with Crippen LogP contribution in [-0.4, -0.2) is 81.8 Å². The molecule has 0 aliphatic carbocycles. The van der Waals surface area contributed by atoms with Crippen molar-refractivity contribution in [2.24, 2.45) is 0 Å². The van der Waals surface area contributed by atoms with Gasteiger partial charge in [0, 0.05) is 61.3 Å². The van der Waals surface area contributed by atoms with Gasteiger partial charge in [0.25, 0.3) is 11.8 Å². The van der Waals surface area contributed by atoms with Gasteiger partial charge in [-0.1, -0.05) is 17.7 Å². The van der Waals surface area contributed by atoms with Crippen LogP contribution in [0, 0.1) is 0 Å². The molecule has 0 N–H and O–H groups in total. The summed E-state index contributed by atoms with van der Waals surface area (Å²) in [6.07, 6.45) is 0. The molecule has 178 valence electrons. The monoisotopic (exact) mass is 507 g/mol. The van der Waals surface area contributed by atoms with Gasteiger partial charge in [-0.2, -0.15) is 0 Å². The van der Waals surface area contributed by atoms with Crippen LogP contribution in [0.3, 0.4) is 0 Å². The molecule has 4 heterocycles. The molecule has 0 bridgehead atoms. The molecular formula is C25H22ClN5O3S. The standard InChI is InChI=1S/C25H22ClN5O3S/c26-17-6-4-16(5-7-17)23-28-20-3-1-2-19(22(20)34-23)24(32)31-12-18(13-31)29-8-10-30(11-9-29)25(33)21-14-35-15-27-21/h1-7,14-15,18H,8-13H2. The number of hydrogen-bond donors (Lipinski definition) is 0. The van der Waals surface area contributed by atoms with Gasteiger partial charge in [-0.3, -0.25) is 14.5 Å². The highest BCUT2D eigenvalue weighted by atomic mass is 35.5. The molecule has 8 nitrogen and oxygen atoms in total. The summed E-state index contributed by atoms with van der Waals surface area (Å²) in [7, 11) is 0. The summed E-state index contributed by atoms with van der Waals surface area (Å²) >= 11 is 7.42. The van der Waals surface area contributed by atoms with Crippen LogP contribution >= 0.6 is 22.9 Å². The molecule has 2 aliphatic rings. The summed E-state index contributed by atoms with van der Waals surface area (Å²) in [6.45, 7) is 4.26. The fraction of sp³-hybridized carbons (Fsp3) is 0.280. The lowest BCUT2D eigenvalue weighted by Gasteiger charge is -2.48. The zero-order valence-electron chi connectivity index (χ0n) is 18.8. The lowest BCUT2D eigenvalue weighted by atomic mass is 10.0. The van der Waals surface area contributed by atoms with Crippen molar-refractivity contribution in [2.45, 2.75) is 6.04 Å². The van der Waals surface area contributed by atoms with Crippen molar-refractivity contribution in [3.05, 3.63) is 69.6 Å². The molecule has 2 aromatic carbocycles. The van der Waals surface area contributed by atoms with E-state index < -0.39 is 0 Å². The van der Waals surface area contributed by atoms with Crippen molar-refractivity contribution in [3.8, 4) is 11.5 Å². The van der Waals surface area contributed by atoms with Gasteiger partial charge < -0.3 is 14.2 Å². The minimum absolute atomic E-state index is 0.00515. The van der Waals surface area contributed by atoms with E-state index in [4.69, 9.17) is 16.0 Å². The van der Waals surface area contributed by atoms with Crippen LogP contribution in [0.2, 0.25) is 5.02 Å². The normalized spacial score (nSPS) is 17.1. The number of piperazine rings is 1. The smallest absolute Gasteiger partial charge is 0.273 e. The molecule has 2 aromatic heterocycles. The van der Waals surface area contributed by atoms with E-state index in [9.17, 15) is 9.59 Å². The lowest BCUT2D eigenvalue weighted by Crippen LogP contribution is -2.64. The Bertz CT molecular complexity index is 1370. The van der Waals surface area contributed by atoms with Crippen LogP contribution < -0.4 is 0 Å². The van der Waals surface area contributed by atoms with Gasteiger partial charge in [-0.25, -0.2) is 9.97 Å². The van der Waals surface area contributed by atoms with Gasteiger partial charge in [-0.05, 0) is 36.4 Å². The molecule has 0 radical (unpaired) electrons. The van der Waals surface area contributed by atoms with E-state index in [1.54, 1.807) is 29.1 Å². The molecule has 2 aliphatic heterocycles. The highest BCUT2D eigenvalue weighted by Crippen LogP contribution is 2.29. The summed E-state index contributed by atoms with van der Waals surface area (Å²) in [6, 6.07) is 13.0. The summed E-state index contributed by atoms with van der Waals surface area (Å²) in [4.78, 5) is 40.5. The summed E-state index contributed by atoms with van der Waals surface area (Å²) in [5, 5.41) is 2.43. The highest BCUT2D eigenvalue weighted by molar-refractivity contribution is 7.07. The third kappa shape index (κ3) is 4.20. The van der Waals surface area contributed by atoms with E-state index in [-0.39, 0.29) is 11.8 Å². The molecule has 2 amide bonds. The van der Waals surface area contributed by atoms with E-state index in [1.807, 2.05) is 34.1 Å². The van der Waals surface area contributed by atoms with Crippen LogP contribution in [0.1, 0.15) is 20.8 Å². The number of amides is 2. The topological polar surface area (TPSA) is 82.8 Å². The van der Waals surface area contributed by atoms with Crippen LogP contribution in [-0.2, 0) is 0 Å². The second-order valence-corrected chi connectivity index (χ2v) is 9.90. The Morgan fingerprint density at radius 1 is 0.971 bits per heavy atom. The zero-order valence-corrected chi connectivity index (χ0v) is 20.3. The van der Waals surface area contributed by atoms with Crippen molar-refractivity contribution in [1.82, 2.24) is 24.7 Å². The predicted molar refractivity (Wildman–Crippen MR) is 134 cm³/mol. The lowest BCUT2D eigenvalue weighted by molar-refractivity contribution is 0.00849. The third-order valence-electron chi connectivity index (χ3n) is 6.66. The van der Waals surface area contributed by atoms with E-state index in [2.05, 4.69) is 14.9 Å². The van der Waals surface area contributed by atoms with E-state index in [1.165, 1.54) is 11.3 Å². The van der Waals surface area contributed by atoms with Crippen molar-refractivity contribution in [3.63, 3.8) is 0 Å². The number of fused-ring (bicyclic) bond motifs is 1. The molecule has 6 rings (SSSR count). The van der Waals surface area contributed by atoms with Crippen molar-refractivity contribution in [2.75, 3.05) is 39.3 Å². The number of carbonyl (C=O) groups is 2. The maximum Gasteiger partial charge on any atom is 0.273 e. The Labute approximate surface area is 210 Å². The van der Waals surface area contributed by atoms with Gasteiger partial charge in [0.1, 0.15) is 11.2 Å².